The van der Waals surface area contributed by atoms with Crippen LogP contribution in [0, 0.1) is 5.92 Å². The van der Waals surface area contributed by atoms with E-state index in [1.807, 2.05) is 0 Å². The molecule has 1 saturated carbocycles. The summed E-state index contributed by atoms with van der Waals surface area (Å²) < 4.78 is 0. The van der Waals surface area contributed by atoms with Gasteiger partial charge >= 0.3 is 0 Å². The highest BCUT2D eigenvalue weighted by molar-refractivity contribution is 5.21. The van der Waals surface area contributed by atoms with E-state index in [1.54, 1.807) is 0 Å². The molecule has 1 aromatic rings. The van der Waals surface area contributed by atoms with Crippen molar-refractivity contribution in [3.05, 3.63) is 35.9 Å². The van der Waals surface area contributed by atoms with Crippen molar-refractivity contribution in [2.24, 2.45) is 5.92 Å². The fraction of sp³-hybridized carbons (Fsp3) is 0.667. The highest BCUT2D eigenvalue weighted by atomic mass is 16.3. The van der Waals surface area contributed by atoms with Gasteiger partial charge in [0.05, 0.1) is 0 Å². The standard InChI is InChI=1S/C18H29NO/c1-3-19(4-2)17-11-10-16(12-13-20)18(14-17)15-8-6-5-7-9-15/h5-9,16-18,20H,3-4,10-14H2,1-2H3. The van der Waals surface area contributed by atoms with Crippen LogP contribution in [0.5, 0.6) is 0 Å². The van der Waals surface area contributed by atoms with Gasteiger partial charge < -0.3 is 10.0 Å². The summed E-state index contributed by atoms with van der Waals surface area (Å²) in [4.78, 5) is 2.60. The molecule has 1 aliphatic rings. The zero-order chi connectivity index (χ0) is 14.4. The molecule has 3 atom stereocenters. The van der Waals surface area contributed by atoms with Gasteiger partial charge in [-0.25, -0.2) is 0 Å². The monoisotopic (exact) mass is 275 g/mol. The molecule has 0 saturated heterocycles. The summed E-state index contributed by atoms with van der Waals surface area (Å²) in [5.74, 6) is 1.26. The van der Waals surface area contributed by atoms with Crippen LogP contribution < -0.4 is 0 Å². The Morgan fingerprint density at radius 2 is 1.80 bits per heavy atom. The third-order valence-electron chi connectivity index (χ3n) is 5.02. The van der Waals surface area contributed by atoms with E-state index in [-0.39, 0.29) is 0 Å². The molecule has 1 fully saturated rings. The van der Waals surface area contributed by atoms with Gasteiger partial charge in [-0.15, -0.1) is 0 Å². The molecule has 1 aliphatic carbocycles. The summed E-state index contributed by atoms with van der Waals surface area (Å²) in [5.41, 5.74) is 1.46. The summed E-state index contributed by atoms with van der Waals surface area (Å²) in [6.45, 7) is 7.15. The van der Waals surface area contributed by atoms with Crippen molar-refractivity contribution in [3.63, 3.8) is 0 Å². The highest BCUT2D eigenvalue weighted by Gasteiger charge is 2.32. The Morgan fingerprint density at radius 1 is 1.10 bits per heavy atom. The number of benzene rings is 1. The minimum atomic E-state index is 0.323. The Morgan fingerprint density at radius 3 is 2.40 bits per heavy atom. The number of aliphatic hydroxyl groups excluding tert-OH is 1. The normalized spacial score (nSPS) is 26.9. The van der Waals surface area contributed by atoms with Crippen LogP contribution in [0.1, 0.15) is 51.0 Å². The number of nitrogens with zero attached hydrogens (tertiary/aromatic N) is 1. The average Bonchev–Trinajstić information content (AvgIpc) is 2.51. The fourth-order valence-electron chi connectivity index (χ4n) is 3.90. The lowest BCUT2D eigenvalue weighted by atomic mass is 9.72. The van der Waals surface area contributed by atoms with Gasteiger partial charge in [0.25, 0.3) is 0 Å². The molecular weight excluding hydrogens is 246 g/mol. The SMILES string of the molecule is CCN(CC)C1CCC(CCO)C(c2ccccc2)C1. The van der Waals surface area contributed by atoms with E-state index < -0.39 is 0 Å². The predicted octanol–water partition coefficient (Wildman–Crippen LogP) is 3.66. The Bertz CT molecular complexity index is 374. The Labute approximate surface area is 123 Å². The van der Waals surface area contributed by atoms with E-state index in [4.69, 9.17) is 0 Å². The molecule has 0 aromatic heterocycles. The van der Waals surface area contributed by atoms with Crippen LogP contribution in [-0.4, -0.2) is 35.7 Å². The third kappa shape index (κ3) is 3.62. The first-order valence-corrected chi connectivity index (χ1v) is 8.20. The summed E-state index contributed by atoms with van der Waals surface area (Å²) in [6, 6.07) is 11.6. The summed E-state index contributed by atoms with van der Waals surface area (Å²) in [5, 5.41) is 9.34. The Kier molecular flexibility index (Phi) is 6.06. The lowest BCUT2D eigenvalue weighted by molar-refractivity contribution is 0.119. The number of aliphatic hydroxyl groups is 1. The molecule has 1 N–H and O–H groups in total. The molecule has 2 heteroatoms. The van der Waals surface area contributed by atoms with Crippen LogP contribution in [0.4, 0.5) is 0 Å². The van der Waals surface area contributed by atoms with Gasteiger partial charge in [-0.3, -0.25) is 0 Å². The minimum Gasteiger partial charge on any atom is -0.396 e. The van der Waals surface area contributed by atoms with Crippen LogP contribution in [0.15, 0.2) is 30.3 Å². The van der Waals surface area contributed by atoms with Gasteiger partial charge in [-0.05, 0) is 56.2 Å². The molecule has 0 spiro atoms. The molecular formula is C18H29NO. The zero-order valence-electron chi connectivity index (χ0n) is 13.0. The smallest absolute Gasteiger partial charge is 0.0433 e. The first-order chi connectivity index (χ1) is 9.80. The van der Waals surface area contributed by atoms with Crippen molar-refractivity contribution in [2.75, 3.05) is 19.7 Å². The molecule has 1 aromatic carbocycles. The lowest BCUT2D eigenvalue weighted by Gasteiger charge is -2.41. The second-order valence-electron chi connectivity index (χ2n) is 5.98. The topological polar surface area (TPSA) is 23.5 Å². The molecule has 20 heavy (non-hydrogen) atoms. The van der Waals surface area contributed by atoms with E-state index >= 15 is 0 Å². The van der Waals surface area contributed by atoms with Gasteiger partial charge in [-0.1, -0.05) is 44.2 Å². The first kappa shape index (κ1) is 15.5. The largest absolute Gasteiger partial charge is 0.396 e. The molecule has 0 radical (unpaired) electrons. The molecule has 0 aliphatic heterocycles. The van der Waals surface area contributed by atoms with Crippen LogP contribution in [0.2, 0.25) is 0 Å². The summed E-state index contributed by atoms with van der Waals surface area (Å²) >= 11 is 0. The molecule has 2 nitrogen and oxygen atoms in total. The maximum absolute atomic E-state index is 9.34. The van der Waals surface area contributed by atoms with Crippen molar-refractivity contribution in [2.45, 2.75) is 51.5 Å². The highest BCUT2D eigenvalue weighted by Crippen LogP contribution is 2.41. The number of hydrogen-bond acceptors (Lipinski definition) is 2. The van der Waals surface area contributed by atoms with Gasteiger partial charge in [0, 0.05) is 12.6 Å². The van der Waals surface area contributed by atoms with Gasteiger partial charge in [0.15, 0.2) is 0 Å². The molecule has 3 unspecified atom stereocenters. The van der Waals surface area contributed by atoms with Crippen LogP contribution >= 0.6 is 0 Å². The quantitative estimate of drug-likeness (QED) is 0.856. The van der Waals surface area contributed by atoms with Crippen molar-refractivity contribution < 1.29 is 5.11 Å². The van der Waals surface area contributed by atoms with Crippen LogP contribution in [-0.2, 0) is 0 Å². The molecule has 112 valence electrons. The van der Waals surface area contributed by atoms with Crippen molar-refractivity contribution in [3.8, 4) is 0 Å². The summed E-state index contributed by atoms with van der Waals surface area (Å²) in [7, 11) is 0. The maximum atomic E-state index is 9.34. The Balaban J connectivity index is 2.13. The van der Waals surface area contributed by atoms with Crippen molar-refractivity contribution in [1.82, 2.24) is 4.90 Å². The van der Waals surface area contributed by atoms with E-state index in [1.165, 1.54) is 24.8 Å². The Hall–Kier alpha value is -0.860. The zero-order valence-corrected chi connectivity index (χ0v) is 13.0. The second-order valence-corrected chi connectivity index (χ2v) is 5.98. The van der Waals surface area contributed by atoms with E-state index in [0.717, 1.165) is 19.5 Å². The van der Waals surface area contributed by atoms with Crippen LogP contribution in [0.25, 0.3) is 0 Å². The second kappa shape index (κ2) is 7.80. The first-order valence-electron chi connectivity index (χ1n) is 8.20. The lowest BCUT2D eigenvalue weighted by Crippen LogP contribution is -2.40. The van der Waals surface area contributed by atoms with E-state index in [2.05, 4.69) is 49.1 Å². The minimum absolute atomic E-state index is 0.323. The van der Waals surface area contributed by atoms with E-state index in [9.17, 15) is 5.11 Å². The van der Waals surface area contributed by atoms with Gasteiger partial charge in [0.2, 0.25) is 0 Å². The van der Waals surface area contributed by atoms with E-state index in [0.29, 0.717) is 24.5 Å². The van der Waals surface area contributed by atoms with Gasteiger partial charge in [-0.2, -0.15) is 0 Å². The molecule has 2 rings (SSSR count). The van der Waals surface area contributed by atoms with Crippen LogP contribution in [0.3, 0.4) is 0 Å². The fourth-order valence-corrected chi connectivity index (χ4v) is 3.90. The van der Waals surface area contributed by atoms with Crippen molar-refractivity contribution >= 4 is 0 Å². The number of hydrogen-bond donors (Lipinski definition) is 1. The average molecular weight is 275 g/mol. The van der Waals surface area contributed by atoms with Gasteiger partial charge in [0.1, 0.15) is 0 Å². The summed E-state index contributed by atoms with van der Waals surface area (Å²) in [6.07, 6.45) is 4.73. The van der Waals surface area contributed by atoms with Crippen molar-refractivity contribution in [1.29, 1.82) is 0 Å². The predicted molar refractivity (Wildman–Crippen MR) is 84.9 cm³/mol. The maximum Gasteiger partial charge on any atom is 0.0433 e. The molecule has 0 amide bonds. The third-order valence-corrected chi connectivity index (χ3v) is 5.02. The number of rotatable bonds is 6. The molecule has 0 heterocycles. The molecule has 0 bridgehead atoms.